The van der Waals surface area contributed by atoms with Crippen molar-refractivity contribution in [1.29, 1.82) is 0 Å². The van der Waals surface area contributed by atoms with Crippen LogP contribution < -0.4 is 5.32 Å². The molecule has 4 nitrogen and oxygen atoms in total. The average molecular weight is 145 g/mol. The first-order chi connectivity index (χ1) is 4.74. The average Bonchev–Trinajstić information content (AvgIpc) is 2.34. The van der Waals surface area contributed by atoms with Crippen molar-refractivity contribution in [3.8, 4) is 0 Å². The molecule has 2 unspecified atom stereocenters. The first-order valence-corrected chi connectivity index (χ1v) is 3.19. The van der Waals surface area contributed by atoms with E-state index in [1.54, 1.807) is 0 Å². The van der Waals surface area contributed by atoms with Crippen LogP contribution in [0.1, 0.15) is 6.92 Å². The molecule has 0 amide bonds. The summed E-state index contributed by atoms with van der Waals surface area (Å²) < 4.78 is 9.58. The van der Waals surface area contributed by atoms with Gasteiger partial charge in [0.2, 0.25) is 0 Å². The number of hydrogen-bond acceptors (Lipinski definition) is 4. The molecule has 4 heteroatoms. The summed E-state index contributed by atoms with van der Waals surface area (Å²) in [4.78, 5) is 10.8. The van der Waals surface area contributed by atoms with Crippen LogP contribution in [0, 0.1) is 0 Å². The molecule has 1 aliphatic rings. The number of rotatable bonds is 1. The van der Waals surface area contributed by atoms with Gasteiger partial charge in [-0.25, -0.2) is 0 Å². The van der Waals surface area contributed by atoms with Crippen LogP contribution in [0.15, 0.2) is 0 Å². The highest BCUT2D eigenvalue weighted by Gasteiger charge is 2.27. The quantitative estimate of drug-likeness (QED) is 0.505. The molecule has 2 atom stereocenters. The molecule has 0 aliphatic carbocycles. The molecular weight excluding hydrogens is 134 g/mol. The van der Waals surface area contributed by atoms with Gasteiger partial charge in [-0.15, -0.1) is 0 Å². The molecule has 1 heterocycles. The van der Waals surface area contributed by atoms with Crippen LogP contribution in [0.25, 0.3) is 0 Å². The largest absolute Gasteiger partial charge is 0.468 e. The van der Waals surface area contributed by atoms with Crippen molar-refractivity contribution in [2.24, 2.45) is 0 Å². The Morgan fingerprint density at radius 2 is 2.50 bits per heavy atom. The highest BCUT2D eigenvalue weighted by molar-refractivity contribution is 5.76. The standard InChI is InChI=1S/C6H11NO3/c1-4-7-5(3-10-4)6(8)9-2/h4-5,7H,3H2,1-2H3. The van der Waals surface area contributed by atoms with Crippen LogP contribution in [0.2, 0.25) is 0 Å². The number of carbonyl (C=O) groups is 1. The van der Waals surface area contributed by atoms with E-state index in [2.05, 4.69) is 10.1 Å². The van der Waals surface area contributed by atoms with Gasteiger partial charge in [0.05, 0.1) is 13.7 Å². The normalized spacial score (nSPS) is 32.2. The van der Waals surface area contributed by atoms with E-state index in [1.807, 2.05) is 6.92 Å². The van der Waals surface area contributed by atoms with E-state index < -0.39 is 0 Å². The van der Waals surface area contributed by atoms with Crippen LogP contribution in [0.3, 0.4) is 0 Å². The Labute approximate surface area is 59.5 Å². The van der Waals surface area contributed by atoms with Gasteiger partial charge in [-0.1, -0.05) is 0 Å². The number of methoxy groups -OCH3 is 1. The van der Waals surface area contributed by atoms with E-state index in [0.717, 1.165) is 0 Å². The monoisotopic (exact) mass is 145 g/mol. The third-order valence-corrected chi connectivity index (χ3v) is 1.43. The van der Waals surface area contributed by atoms with Gasteiger partial charge in [-0.2, -0.15) is 0 Å². The molecule has 58 valence electrons. The van der Waals surface area contributed by atoms with E-state index in [1.165, 1.54) is 7.11 Å². The summed E-state index contributed by atoms with van der Waals surface area (Å²) in [6, 6.07) is -0.278. The second-order valence-corrected chi connectivity index (χ2v) is 2.22. The third-order valence-electron chi connectivity index (χ3n) is 1.43. The number of ether oxygens (including phenoxy) is 2. The van der Waals surface area contributed by atoms with Crippen molar-refractivity contribution >= 4 is 5.97 Å². The second-order valence-electron chi connectivity index (χ2n) is 2.22. The maximum Gasteiger partial charge on any atom is 0.325 e. The minimum Gasteiger partial charge on any atom is -0.468 e. The van der Waals surface area contributed by atoms with Gasteiger partial charge < -0.3 is 9.47 Å². The Morgan fingerprint density at radius 1 is 1.80 bits per heavy atom. The van der Waals surface area contributed by atoms with Gasteiger partial charge in [-0.05, 0) is 6.92 Å². The Hall–Kier alpha value is -0.610. The molecular formula is C6H11NO3. The van der Waals surface area contributed by atoms with Crippen LogP contribution in [-0.4, -0.2) is 32.0 Å². The molecule has 1 N–H and O–H groups in total. The zero-order valence-electron chi connectivity index (χ0n) is 6.09. The Balaban J connectivity index is 2.37. The number of carbonyl (C=O) groups excluding carboxylic acids is 1. The summed E-state index contributed by atoms with van der Waals surface area (Å²) in [6.07, 6.45) is -0.0379. The second kappa shape index (κ2) is 2.98. The molecule has 1 rings (SSSR count). The number of esters is 1. The zero-order chi connectivity index (χ0) is 7.56. The molecule has 0 bridgehead atoms. The molecule has 10 heavy (non-hydrogen) atoms. The van der Waals surface area contributed by atoms with Crippen molar-refractivity contribution in [2.75, 3.05) is 13.7 Å². The summed E-state index contributed by atoms with van der Waals surface area (Å²) >= 11 is 0. The summed E-state index contributed by atoms with van der Waals surface area (Å²) in [5.41, 5.74) is 0. The van der Waals surface area contributed by atoms with Crippen molar-refractivity contribution in [3.63, 3.8) is 0 Å². The molecule has 1 fully saturated rings. The van der Waals surface area contributed by atoms with Gasteiger partial charge in [0, 0.05) is 0 Å². The summed E-state index contributed by atoms with van der Waals surface area (Å²) in [5, 5.41) is 2.91. The van der Waals surface area contributed by atoms with Crippen molar-refractivity contribution in [1.82, 2.24) is 5.32 Å². The highest BCUT2D eigenvalue weighted by atomic mass is 16.5. The third kappa shape index (κ3) is 1.46. The van der Waals surface area contributed by atoms with Gasteiger partial charge >= 0.3 is 5.97 Å². The fraction of sp³-hybridized carbons (Fsp3) is 0.833. The lowest BCUT2D eigenvalue weighted by Gasteiger charge is -2.05. The van der Waals surface area contributed by atoms with E-state index in [-0.39, 0.29) is 18.2 Å². The molecule has 0 radical (unpaired) electrons. The molecule has 1 saturated heterocycles. The molecule has 1 aliphatic heterocycles. The minimum absolute atomic E-state index is 0.0379. The lowest BCUT2D eigenvalue weighted by atomic mass is 10.3. The van der Waals surface area contributed by atoms with Gasteiger partial charge in [-0.3, -0.25) is 10.1 Å². The van der Waals surface area contributed by atoms with Crippen LogP contribution >= 0.6 is 0 Å². The van der Waals surface area contributed by atoms with Crippen LogP contribution in [0.4, 0.5) is 0 Å². The molecule has 0 saturated carbocycles. The highest BCUT2D eigenvalue weighted by Crippen LogP contribution is 2.02. The van der Waals surface area contributed by atoms with Crippen molar-refractivity contribution in [2.45, 2.75) is 19.2 Å². The zero-order valence-corrected chi connectivity index (χ0v) is 6.09. The molecule has 0 aromatic carbocycles. The lowest BCUT2D eigenvalue weighted by Crippen LogP contribution is -2.36. The fourth-order valence-corrected chi connectivity index (χ4v) is 0.898. The number of hydrogen-bond donors (Lipinski definition) is 1. The topological polar surface area (TPSA) is 47.6 Å². The van der Waals surface area contributed by atoms with E-state index in [9.17, 15) is 4.79 Å². The Morgan fingerprint density at radius 3 is 2.90 bits per heavy atom. The molecule has 0 spiro atoms. The SMILES string of the molecule is COC(=O)C1COC(C)N1. The predicted octanol–water partition coefficient (Wildman–Crippen LogP) is -0.506. The van der Waals surface area contributed by atoms with Crippen LogP contribution in [0.5, 0.6) is 0 Å². The fourth-order valence-electron chi connectivity index (χ4n) is 0.898. The van der Waals surface area contributed by atoms with Gasteiger partial charge in [0.25, 0.3) is 0 Å². The first-order valence-electron chi connectivity index (χ1n) is 3.19. The molecule has 0 aromatic rings. The smallest absolute Gasteiger partial charge is 0.325 e. The minimum atomic E-state index is -0.278. The van der Waals surface area contributed by atoms with E-state index >= 15 is 0 Å². The lowest BCUT2D eigenvalue weighted by molar-refractivity contribution is -0.142. The maximum atomic E-state index is 10.8. The summed E-state index contributed by atoms with van der Waals surface area (Å²) in [5.74, 6) is -0.260. The van der Waals surface area contributed by atoms with Gasteiger partial charge in [0.15, 0.2) is 0 Å². The van der Waals surface area contributed by atoms with E-state index in [0.29, 0.717) is 6.61 Å². The maximum absolute atomic E-state index is 10.8. The van der Waals surface area contributed by atoms with Crippen LogP contribution in [-0.2, 0) is 14.3 Å². The number of nitrogens with one attached hydrogen (secondary N) is 1. The van der Waals surface area contributed by atoms with Gasteiger partial charge in [0.1, 0.15) is 12.3 Å². The summed E-state index contributed by atoms with van der Waals surface area (Å²) in [7, 11) is 1.37. The molecule has 0 aromatic heterocycles. The predicted molar refractivity (Wildman–Crippen MR) is 34.4 cm³/mol. The van der Waals surface area contributed by atoms with E-state index in [4.69, 9.17) is 4.74 Å². The first kappa shape index (κ1) is 7.50. The van der Waals surface area contributed by atoms with Crippen molar-refractivity contribution in [3.05, 3.63) is 0 Å². The summed E-state index contributed by atoms with van der Waals surface area (Å²) in [6.45, 7) is 2.26. The Bertz CT molecular complexity index is 137. The Kier molecular flexibility index (Phi) is 2.24. The van der Waals surface area contributed by atoms with Crippen molar-refractivity contribution < 1.29 is 14.3 Å².